The van der Waals surface area contributed by atoms with Crippen LogP contribution in [0.2, 0.25) is 0 Å². The lowest BCUT2D eigenvalue weighted by atomic mass is 10.0. The molecule has 0 spiro atoms. The zero-order valence-electron chi connectivity index (χ0n) is 10.6. The smallest absolute Gasteiger partial charge is 0.356 e. The van der Waals surface area contributed by atoms with Gasteiger partial charge in [0, 0.05) is 5.56 Å². The highest BCUT2D eigenvalue weighted by Crippen LogP contribution is 2.37. The molecule has 0 unspecified atom stereocenters. The van der Waals surface area contributed by atoms with Crippen LogP contribution in [0.5, 0.6) is 11.5 Å². The average molecular weight is 294 g/mol. The summed E-state index contributed by atoms with van der Waals surface area (Å²) in [5.41, 5.74) is 1.06. The van der Waals surface area contributed by atoms with E-state index in [-0.39, 0.29) is 28.8 Å². The predicted molar refractivity (Wildman–Crippen MR) is 75.3 cm³/mol. The molecule has 0 amide bonds. The van der Waals surface area contributed by atoms with E-state index in [1.807, 2.05) is 0 Å². The van der Waals surface area contributed by atoms with Crippen molar-refractivity contribution in [1.82, 2.24) is 0 Å². The van der Waals surface area contributed by atoms with Crippen LogP contribution in [0.4, 0.5) is 0 Å². The normalized spacial score (nSPS) is 11.5. The molecule has 0 atom stereocenters. The summed E-state index contributed by atoms with van der Waals surface area (Å²) in [5, 5.41) is 19.0. The summed E-state index contributed by atoms with van der Waals surface area (Å²) in [7, 11) is -4.42. The SMILES string of the molecule is O=P(O)(O)c1cccc(O)c1CCc1cccc(O)c1. The summed E-state index contributed by atoms with van der Waals surface area (Å²) in [5.74, 6) is 0.000901. The van der Waals surface area contributed by atoms with Gasteiger partial charge in [0.05, 0.1) is 5.30 Å². The molecule has 0 aromatic heterocycles. The van der Waals surface area contributed by atoms with Gasteiger partial charge < -0.3 is 20.0 Å². The Labute approximate surface area is 116 Å². The van der Waals surface area contributed by atoms with Gasteiger partial charge in [-0.2, -0.15) is 0 Å². The Morgan fingerprint density at radius 3 is 2.30 bits per heavy atom. The van der Waals surface area contributed by atoms with Gasteiger partial charge in [-0.05, 0) is 42.7 Å². The van der Waals surface area contributed by atoms with Gasteiger partial charge >= 0.3 is 7.60 Å². The van der Waals surface area contributed by atoms with E-state index in [0.717, 1.165) is 5.56 Å². The fourth-order valence-electron chi connectivity index (χ4n) is 2.07. The summed E-state index contributed by atoms with van der Waals surface area (Å²) in [6.07, 6.45) is 0.732. The van der Waals surface area contributed by atoms with Crippen molar-refractivity contribution in [1.29, 1.82) is 0 Å². The monoisotopic (exact) mass is 294 g/mol. The summed E-state index contributed by atoms with van der Waals surface area (Å²) in [6.45, 7) is 0. The van der Waals surface area contributed by atoms with Crippen LogP contribution >= 0.6 is 7.60 Å². The van der Waals surface area contributed by atoms with Crippen LogP contribution < -0.4 is 5.30 Å². The molecule has 20 heavy (non-hydrogen) atoms. The number of hydrogen-bond donors (Lipinski definition) is 4. The lowest BCUT2D eigenvalue weighted by Crippen LogP contribution is -2.12. The quantitative estimate of drug-likeness (QED) is 0.643. The van der Waals surface area contributed by atoms with E-state index >= 15 is 0 Å². The van der Waals surface area contributed by atoms with Crippen LogP contribution in [-0.4, -0.2) is 20.0 Å². The Balaban J connectivity index is 2.28. The highest BCUT2D eigenvalue weighted by molar-refractivity contribution is 7.60. The van der Waals surface area contributed by atoms with Gasteiger partial charge in [0.25, 0.3) is 0 Å². The molecule has 4 N–H and O–H groups in total. The Morgan fingerprint density at radius 2 is 1.65 bits per heavy atom. The van der Waals surface area contributed by atoms with E-state index < -0.39 is 7.60 Å². The van der Waals surface area contributed by atoms with Crippen molar-refractivity contribution in [2.24, 2.45) is 0 Å². The highest BCUT2D eigenvalue weighted by atomic mass is 31.2. The topological polar surface area (TPSA) is 98.0 Å². The van der Waals surface area contributed by atoms with E-state index in [1.54, 1.807) is 24.3 Å². The first-order valence-corrected chi connectivity index (χ1v) is 7.64. The summed E-state index contributed by atoms with van der Waals surface area (Å²) in [4.78, 5) is 18.6. The first-order valence-electron chi connectivity index (χ1n) is 6.03. The van der Waals surface area contributed by atoms with Crippen molar-refractivity contribution >= 4 is 12.9 Å². The molecular weight excluding hydrogens is 279 g/mol. The standard InChI is InChI=1S/C14H15O5P/c15-11-4-1-3-10(9-11)7-8-12-13(16)5-2-6-14(12)20(17,18)19/h1-6,9,15-16H,7-8H2,(H2,17,18,19). The highest BCUT2D eigenvalue weighted by Gasteiger charge is 2.23. The Hall–Kier alpha value is -1.81. The number of phenolic OH excluding ortho intramolecular Hbond substituents is 2. The van der Waals surface area contributed by atoms with Crippen molar-refractivity contribution in [3.05, 3.63) is 53.6 Å². The van der Waals surface area contributed by atoms with Gasteiger partial charge in [-0.25, -0.2) is 0 Å². The second-order valence-corrected chi connectivity index (χ2v) is 6.06. The molecule has 0 aliphatic heterocycles. The molecule has 0 aliphatic rings. The zero-order valence-corrected chi connectivity index (χ0v) is 11.5. The molecule has 5 nitrogen and oxygen atoms in total. The zero-order chi connectivity index (χ0) is 14.8. The summed E-state index contributed by atoms with van der Waals surface area (Å²) in [6, 6.07) is 10.7. The van der Waals surface area contributed by atoms with Crippen LogP contribution in [0.1, 0.15) is 11.1 Å². The third-order valence-electron chi connectivity index (χ3n) is 3.01. The van der Waals surface area contributed by atoms with Crippen LogP contribution in [0, 0.1) is 0 Å². The maximum atomic E-state index is 11.4. The van der Waals surface area contributed by atoms with Crippen LogP contribution in [0.15, 0.2) is 42.5 Å². The van der Waals surface area contributed by atoms with E-state index in [1.165, 1.54) is 18.2 Å². The maximum Gasteiger partial charge on any atom is 0.356 e. The van der Waals surface area contributed by atoms with Crippen LogP contribution in [0.3, 0.4) is 0 Å². The Bertz CT molecular complexity index is 662. The van der Waals surface area contributed by atoms with Crippen molar-refractivity contribution in [3.8, 4) is 11.5 Å². The fraction of sp³-hybridized carbons (Fsp3) is 0.143. The molecule has 2 rings (SSSR count). The minimum Gasteiger partial charge on any atom is -0.508 e. The fourth-order valence-corrected chi connectivity index (χ4v) is 2.93. The largest absolute Gasteiger partial charge is 0.508 e. The maximum absolute atomic E-state index is 11.4. The Kier molecular flexibility index (Phi) is 4.14. The molecule has 0 fully saturated rings. The number of aromatic hydroxyl groups is 2. The predicted octanol–water partition coefficient (Wildman–Crippen LogP) is 1.69. The molecule has 2 aromatic carbocycles. The third kappa shape index (κ3) is 3.39. The number of rotatable bonds is 4. The number of benzene rings is 2. The molecule has 0 bridgehead atoms. The second kappa shape index (κ2) is 5.67. The van der Waals surface area contributed by atoms with Crippen molar-refractivity contribution < 1.29 is 24.6 Å². The van der Waals surface area contributed by atoms with Gasteiger partial charge in [0.15, 0.2) is 0 Å². The van der Waals surface area contributed by atoms with Gasteiger partial charge in [0.2, 0.25) is 0 Å². The third-order valence-corrected chi connectivity index (χ3v) is 4.06. The van der Waals surface area contributed by atoms with Crippen LogP contribution in [-0.2, 0) is 17.4 Å². The number of aryl methyl sites for hydroxylation is 1. The van der Waals surface area contributed by atoms with E-state index in [2.05, 4.69) is 0 Å². The lowest BCUT2D eigenvalue weighted by molar-refractivity contribution is 0.386. The molecule has 6 heteroatoms. The molecule has 0 saturated carbocycles. The van der Waals surface area contributed by atoms with Crippen LogP contribution in [0.25, 0.3) is 0 Å². The molecule has 0 radical (unpaired) electrons. The van der Waals surface area contributed by atoms with Crippen molar-refractivity contribution in [2.45, 2.75) is 12.8 Å². The van der Waals surface area contributed by atoms with E-state index in [4.69, 9.17) is 0 Å². The number of hydrogen-bond acceptors (Lipinski definition) is 3. The molecular formula is C14H15O5P. The van der Waals surface area contributed by atoms with E-state index in [9.17, 15) is 24.6 Å². The molecule has 2 aromatic rings. The summed E-state index contributed by atoms with van der Waals surface area (Å²) < 4.78 is 11.4. The minimum atomic E-state index is -4.42. The van der Waals surface area contributed by atoms with Crippen molar-refractivity contribution in [2.75, 3.05) is 0 Å². The second-order valence-electron chi connectivity index (χ2n) is 4.49. The molecule has 0 saturated heterocycles. The van der Waals surface area contributed by atoms with Gasteiger partial charge in [-0.3, -0.25) is 4.57 Å². The summed E-state index contributed by atoms with van der Waals surface area (Å²) >= 11 is 0. The first kappa shape index (κ1) is 14.6. The first-order chi connectivity index (χ1) is 9.38. The molecule has 0 heterocycles. The van der Waals surface area contributed by atoms with Gasteiger partial charge in [-0.15, -0.1) is 0 Å². The van der Waals surface area contributed by atoms with Crippen molar-refractivity contribution in [3.63, 3.8) is 0 Å². The minimum absolute atomic E-state index is 0.133. The van der Waals surface area contributed by atoms with Gasteiger partial charge in [0.1, 0.15) is 11.5 Å². The van der Waals surface area contributed by atoms with E-state index in [0.29, 0.717) is 6.42 Å². The molecule has 106 valence electrons. The Morgan fingerprint density at radius 1 is 0.950 bits per heavy atom. The number of phenols is 2. The molecule has 0 aliphatic carbocycles. The lowest BCUT2D eigenvalue weighted by Gasteiger charge is -2.12. The average Bonchev–Trinajstić information content (AvgIpc) is 2.36. The van der Waals surface area contributed by atoms with Gasteiger partial charge in [-0.1, -0.05) is 18.2 Å².